The number of aryl methyl sites for hydroxylation is 1. The summed E-state index contributed by atoms with van der Waals surface area (Å²) >= 11 is 4.98. The number of nitrogens with zero attached hydrogens (tertiary/aromatic N) is 2. The lowest BCUT2D eigenvalue weighted by molar-refractivity contribution is -0.117. The molecule has 8 heteroatoms. The number of amides is 1. The summed E-state index contributed by atoms with van der Waals surface area (Å²) in [5.41, 5.74) is 0.811. The summed E-state index contributed by atoms with van der Waals surface area (Å²) in [6, 6.07) is 8.94. The molecular weight excluding hydrogens is 442 g/mol. The van der Waals surface area contributed by atoms with E-state index in [0.717, 1.165) is 14.2 Å². The van der Waals surface area contributed by atoms with Gasteiger partial charge in [-0.3, -0.25) is 4.79 Å². The van der Waals surface area contributed by atoms with Gasteiger partial charge in [0, 0.05) is 36.5 Å². The molecule has 1 atom stereocenters. The van der Waals surface area contributed by atoms with Crippen LogP contribution in [0, 0.1) is 0 Å². The van der Waals surface area contributed by atoms with Crippen molar-refractivity contribution in [2.45, 2.75) is 6.04 Å². The van der Waals surface area contributed by atoms with Gasteiger partial charge in [-0.15, -0.1) is 11.3 Å². The molecule has 1 N–H and O–H groups in total. The smallest absolute Gasteiger partial charge is 0.244 e. The Morgan fingerprint density at radius 3 is 2.50 bits per heavy atom. The molecule has 3 rings (SSSR count). The van der Waals surface area contributed by atoms with Crippen molar-refractivity contribution in [3.63, 3.8) is 0 Å². The first-order valence-corrected chi connectivity index (χ1v) is 10.0. The van der Waals surface area contributed by atoms with Crippen LogP contribution in [0.4, 0.5) is 0 Å². The zero-order valence-corrected chi connectivity index (χ0v) is 18.1. The van der Waals surface area contributed by atoms with Gasteiger partial charge < -0.3 is 19.4 Å². The van der Waals surface area contributed by atoms with E-state index in [2.05, 4.69) is 26.2 Å². The van der Waals surface area contributed by atoms with E-state index in [0.29, 0.717) is 17.3 Å². The van der Waals surface area contributed by atoms with Gasteiger partial charge in [0.15, 0.2) is 0 Å². The second-order valence-corrected chi connectivity index (χ2v) is 8.45. The number of thiophene rings is 1. The zero-order chi connectivity index (χ0) is 20.1. The van der Waals surface area contributed by atoms with Crippen LogP contribution in [0.2, 0.25) is 0 Å². The van der Waals surface area contributed by atoms with Crippen LogP contribution in [-0.4, -0.2) is 29.7 Å². The highest BCUT2D eigenvalue weighted by Crippen LogP contribution is 2.29. The molecule has 0 radical (unpaired) electrons. The van der Waals surface area contributed by atoms with Crippen molar-refractivity contribution in [3.05, 3.63) is 68.9 Å². The second-order valence-electron chi connectivity index (χ2n) is 5.96. The first-order valence-electron chi connectivity index (χ1n) is 8.44. The minimum Gasteiger partial charge on any atom is -0.497 e. The first kappa shape index (κ1) is 20.2. The molecule has 146 valence electrons. The van der Waals surface area contributed by atoms with E-state index in [1.165, 1.54) is 6.08 Å². The molecular formula is C20H20BrN3O3S. The summed E-state index contributed by atoms with van der Waals surface area (Å²) < 4.78 is 13.6. The lowest BCUT2D eigenvalue weighted by Gasteiger charge is -2.20. The van der Waals surface area contributed by atoms with Crippen molar-refractivity contribution >= 4 is 39.2 Å². The Hall–Kier alpha value is -2.58. The van der Waals surface area contributed by atoms with E-state index >= 15 is 0 Å². The number of aromatic nitrogens is 2. The maximum absolute atomic E-state index is 12.6. The molecule has 0 saturated carbocycles. The number of carbonyl (C=O) groups excluding carboxylic acids is 1. The maximum Gasteiger partial charge on any atom is 0.244 e. The molecule has 0 saturated heterocycles. The molecule has 2 aromatic heterocycles. The summed E-state index contributed by atoms with van der Waals surface area (Å²) in [6.45, 7) is 0. The van der Waals surface area contributed by atoms with E-state index in [4.69, 9.17) is 9.47 Å². The second kappa shape index (κ2) is 9.07. The fourth-order valence-electron chi connectivity index (χ4n) is 2.71. The SMILES string of the molecule is COc1cc(OC)cc(C(NC(=O)/C=C/c2ccc(Br)s2)c2nccn2C)c1. The number of halogens is 1. The largest absolute Gasteiger partial charge is 0.497 e. The molecule has 1 amide bonds. The Kier molecular flexibility index (Phi) is 6.53. The van der Waals surface area contributed by atoms with Crippen molar-refractivity contribution in [1.82, 2.24) is 14.9 Å². The third-order valence-corrected chi connectivity index (χ3v) is 5.69. The van der Waals surface area contributed by atoms with E-state index < -0.39 is 6.04 Å². The van der Waals surface area contributed by atoms with Crippen molar-refractivity contribution in [1.29, 1.82) is 0 Å². The summed E-state index contributed by atoms with van der Waals surface area (Å²) in [4.78, 5) is 18.0. The van der Waals surface area contributed by atoms with Gasteiger partial charge >= 0.3 is 0 Å². The molecule has 0 aliphatic rings. The summed E-state index contributed by atoms with van der Waals surface area (Å²) in [6.07, 6.45) is 6.84. The minimum absolute atomic E-state index is 0.223. The number of nitrogens with one attached hydrogen (secondary N) is 1. The highest BCUT2D eigenvalue weighted by Gasteiger charge is 2.21. The van der Waals surface area contributed by atoms with Crippen LogP contribution >= 0.6 is 27.3 Å². The molecule has 6 nitrogen and oxygen atoms in total. The van der Waals surface area contributed by atoms with E-state index in [9.17, 15) is 4.79 Å². The number of benzene rings is 1. The molecule has 0 aliphatic carbocycles. The van der Waals surface area contributed by atoms with Gasteiger partial charge in [-0.25, -0.2) is 4.98 Å². The number of ether oxygens (including phenoxy) is 2. The van der Waals surface area contributed by atoms with Crippen molar-refractivity contribution in [2.24, 2.45) is 7.05 Å². The summed E-state index contributed by atoms with van der Waals surface area (Å²) in [7, 11) is 5.07. The predicted octanol–water partition coefficient (Wildman–Crippen LogP) is 4.18. The van der Waals surface area contributed by atoms with Crippen LogP contribution in [0.15, 0.2) is 52.6 Å². The Morgan fingerprint density at radius 1 is 1.25 bits per heavy atom. The van der Waals surface area contributed by atoms with Crippen LogP contribution < -0.4 is 14.8 Å². The number of hydrogen-bond donors (Lipinski definition) is 1. The Bertz CT molecular complexity index is 974. The zero-order valence-electron chi connectivity index (χ0n) is 15.7. The van der Waals surface area contributed by atoms with Gasteiger partial charge in [0.1, 0.15) is 23.4 Å². The maximum atomic E-state index is 12.6. The van der Waals surface area contributed by atoms with Crippen LogP contribution in [0.25, 0.3) is 6.08 Å². The molecule has 1 unspecified atom stereocenters. The minimum atomic E-state index is -0.462. The Labute approximate surface area is 175 Å². The van der Waals surface area contributed by atoms with Crippen LogP contribution in [0.1, 0.15) is 22.3 Å². The Balaban J connectivity index is 1.91. The van der Waals surface area contributed by atoms with Gasteiger partial charge in [0.05, 0.1) is 18.0 Å². The number of carbonyl (C=O) groups is 1. The number of hydrogen-bond acceptors (Lipinski definition) is 5. The molecule has 0 fully saturated rings. The number of methoxy groups -OCH3 is 2. The fourth-order valence-corrected chi connectivity index (χ4v) is 4.04. The first-order chi connectivity index (χ1) is 13.5. The standard InChI is InChI=1S/C20H20BrN3O3S/c1-24-9-8-22-20(24)19(13-10-14(26-2)12-15(11-13)27-3)23-18(25)7-5-16-4-6-17(21)28-16/h4-12,19H,1-3H3,(H,23,25)/b7-5+. The predicted molar refractivity (Wildman–Crippen MR) is 114 cm³/mol. The van der Waals surface area contributed by atoms with Crippen LogP contribution in [0.5, 0.6) is 11.5 Å². The normalized spacial score (nSPS) is 12.1. The third-order valence-electron chi connectivity index (χ3n) is 4.10. The van der Waals surface area contributed by atoms with Crippen molar-refractivity contribution < 1.29 is 14.3 Å². The van der Waals surface area contributed by atoms with Gasteiger partial charge in [-0.1, -0.05) is 0 Å². The lowest BCUT2D eigenvalue weighted by Crippen LogP contribution is -2.29. The summed E-state index contributed by atoms with van der Waals surface area (Å²) in [5.74, 6) is 1.76. The van der Waals surface area contributed by atoms with Crippen LogP contribution in [-0.2, 0) is 11.8 Å². The number of rotatable bonds is 7. The van der Waals surface area contributed by atoms with E-state index in [-0.39, 0.29) is 5.91 Å². The van der Waals surface area contributed by atoms with Crippen molar-refractivity contribution in [2.75, 3.05) is 14.2 Å². The lowest BCUT2D eigenvalue weighted by atomic mass is 10.0. The average Bonchev–Trinajstić information content (AvgIpc) is 3.31. The molecule has 1 aromatic carbocycles. The van der Waals surface area contributed by atoms with Gasteiger partial charge in [-0.05, 0) is 51.8 Å². The fraction of sp³-hybridized carbons (Fsp3) is 0.200. The van der Waals surface area contributed by atoms with Gasteiger partial charge in [0.2, 0.25) is 5.91 Å². The topological polar surface area (TPSA) is 65.4 Å². The molecule has 0 spiro atoms. The monoisotopic (exact) mass is 461 g/mol. The molecule has 2 heterocycles. The summed E-state index contributed by atoms with van der Waals surface area (Å²) in [5, 5.41) is 3.03. The third kappa shape index (κ3) is 4.82. The van der Waals surface area contributed by atoms with Gasteiger partial charge in [-0.2, -0.15) is 0 Å². The van der Waals surface area contributed by atoms with Gasteiger partial charge in [0.25, 0.3) is 0 Å². The highest BCUT2D eigenvalue weighted by molar-refractivity contribution is 9.11. The quantitative estimate of drug-likeness (QED) is 0.535. The molecule has 3 aromatic rings. The average molecular weight is 462 g/mol. The van der Waals surface area contributed by atoms with Crippen molar-refractivity contribution in [3.8, 4) is 11.5 Å². The molecule has 0 aliphatic heterocycles. The molecule has 28 heavy (non-hydrogen) atoms. The Morgan fingerprint density at radius 2 is 1.96 bits per heavy atom. The highest BCUT2D eigenvalue weighted by atomic mass is 79.9. The number of imidazole rings is 1. The van der Waals surface area contributed by atoms with E-state index in [1.54, 1.807) is 43.9 Å². The van der Waals surface area contributed by atoms with Crippen LogP contribution in [0.3, 0.4) is 0 Å². The van der Waals surface area contributed by atoms with E-state index in [1.807, 2.05) is 42.1 Å². The molecule has 0 bridgehead atoms.